The van der Waals surface area contributed by atoms with Crippen LogP contribution >= 0.6 is 0 Å². The molecular formula is C31H38FN5O3. The smallest absolute Gasteiger partial charge is 0.250 e. The Labute approximate surface area is 235 Å². The molecule has 2 aromatic rings. The van der Waals surface area contributed by atoms with E-state index in [2.05, 4.69) is 10.3 Å². The number of amides is 2. The molecule has 2 aromatic carbocycles. The number of nitrogens with zero attached hydrogens (tertiary/aromatic N) is 3. The van der Waals surface area contributed by atoms with Gasteiger partial charge in [0.1, 0.15) is 11.7 Å². The molecule has 3 N–H and O–H groups in total. The topological polar surface area (TPSA) is 108 Å². The summed E-state index contributed by atoms with van der Waals surface area (Å²) in [4.78, 5) is 44.8. The Morgan fingerprint density at radius 3 is 2.42 bits per heavy atom. The van der Waals surface area contributed by atoms with Crippen molar-refractivity contribution in [3.8, 4) is 11.1 Å². The number of aldehydes is 1. The van der Waals surface area contributed by atoms with E-state index in [0.717, 1.165) is 24.8 Å². The van der Waals surface area contributed by atoms with Crippen molar-refractivity contribution in [2.75, 3.05) is 33.7 Å². The van der Waals surface area contributed by atoms with Crippen LogP contribution in [0.25, 0.3) is 23.3 Å². The number of halogens is 1. The number of carbonyl (C=O) groups excluding carboxylic acids is 3. The van der Waals surface area contributed by atoms with Crippen LogP contribution in [0.5, 0.6) is 0 Å². The van der Waals surface area contributed by atoms with Gasteiger partial charge in [0.2, 0.25) is 11.8 Å². The van der Waals surface area contributed by atoms with E-state index in [1.807, 2.05) is 26.8 Å². The first-order chi connectivity index (χ1) is 19.1. The Kier molecular flexibility index (Phi) is 10.4. The molecule has 1 aliphatic heterocycles. The third kappa shape index (κ3) is 7.22. The lowest BCUT2D eigenvalue weighted by molar-refractivity contribution is -0.127. The molecule has 0 radical (unpaired) electrons. The molecule has 212 valence electrons. The van der Waals surface area contributed by atoms with Gasteiger partial charge in [-0.05, 0) is 66.8 Å². The zero-order valence-corrected chi connectivity index (χ0v) is 23.9. The van der Waals surface area contributed by atoms with Crippen molar-refractivity contribution in [2.45, 2.75) is 40.0 Å². The molecule has 1 heterocycles. The number of allylic oxidation sites excluding steroid dienone is 1. The highest BCUT2D eigenvalue weighted by atomic mass is 19.1. The number of hydrogen-bond acceptors (Lipinski definition) is 6. The molecule has 0 atom stereocenters. The molecule has 2 amide bonds. The molecule has 0 bridgehead atoms. The summed E-state index contributed by atoms with van der Waals surface area (Å²) in [6.45, 7) is 7.26. The minimum absolute atomic E-state index is 0.137. The van der Waals surface area contributed by atoms with Gasteiger partial charge in [-0.25, -0.2) is 9.38 Å². The number of carbonyl (C=O) groups is 3. The molecule has 0 unspecified atom stereocenters. The molecular weight excluding hydrogens is 509 g/mol. The Balaban J connectivity index is 2.04. The van der Waals surface area contributed by atoms with Gasteiger partial charge in [0.25, 0.3) is 0 Å². The number of aliphatic imine (C=N–C) groups is 1. The van der Waals surface area contributed by atoms with Gasteiger partial charge in [-0.15, -0.1) is 0 Å². The highest BCUT2D eigenvalue weighted by Crippen LogP contribution is 2.35. The van der Waals surface area contributed by atoms with Crippen LogP contribution in [0.4, 0.5) is 10.1 Å². The third-order valence-electron chi connectivity index (χ3n) is 6.78. The standard InChI is InChI=1S/C31H38FN5O3/c1-6-10-37(11-7-2)31(40)25-14-26-27(32)15-24(16-28(26)35-29(33)17-25)21-8-9-22(19-38)23(13-21)12-20(3)36(5)18-30(39)34-4/h8-9,12-16,19H,6-7,10-11,17-18H2,1-5H3,(H2,33,35)(H,34,39)/b20-12-. The Morgan fingerprint density at radius 1 is 1.10 bits per heavy atom. The second kappa shape index (κ2) is 13.7. The van der Waals surface area contributed by atoms with Crippen molar-refractivity contribution < 1.29 is 18.8 Å². The van der Waals surface area contributed by atoms with E-state index >= 15 is 4.39 Å². The predicted octanol–water partition coefficient (Wildman–Crippen LogP) is 4.77. The van der Waals surface area contributed by atoms with Crippen molar-refractivity contribution in [2.24, 2.45) is 10.7 Å². The summed E-state index contributed by atoms with van der Waals surface area (Å²) in [5.41, 5.74) is 10.3. The molecule has 3 rings (SSSR count). The molecule has 0 spiro atoms. The molecule has 8 nitrogen and oxygen atoms in total. The van der Waals surface area contributed by atoms with E-state index in [1.54, 1.807) is 54.2 Å². The number of rotatable bonds is 11. The van der Waals surface area contributed by atoms with Gasteiger partial charge in [0.05, 0.1) is 12.2 Å². The maximum atomic E-state index is 15.6. The maximum Gasteiger partial charge on any atom is 0.250 e. The van der Waals surface area contributed by atoms with E-state index in [-0.39, 0.29) is 36.2 Å². The van der Waals surface area contributed by atoms with E-state index in [1.165, 1.54) is 6.07 Å². The van der Waals surface area contributed by atoms with E-state index in [0.29, 0.717) is 46.6 Å². The molecule has 0 aromatic heterocycles. The van der Waals surface area contributed by atoms with Gasteiger partial charge in [0, 0.05) is 56.0 Å². The zero-order valence-electron chi connectivity index (χ0n) is 23.9. The van der Waals surface area contributed by atoms with Crippen LogP contribution in [-0.2, 0) is 9.59 Å². The molecule has 9 heteroatoms. The number of nitrogens with two attached hydrogens (primary N) is 1. The van der Waals surface area contributed by atoms with Crippen molar-refractivity contribution in [1.29, 1.82) is 0 Å². The Hall–Kier alpha value is -4.27. The lowest BCUT2D eigenvalue weighted by Gasteiger charge is -2.22. The monoisotopic (exact) mass is 547 g/mol. The van der Waals surface area contributed by atoms with Crippen LogP contribution in [0.15, 0.2) is 46.6 Å². The van der Waals surface area contributed by atoms with Crippen molar-refractivity contribution in [3.63, 3.8) is 0 Å². The molecule has 0 saturated heterocycles. The van der Waals surface area contributed by atoms with Gasteiger partial charge in [-0.1, -0.05) is 26.0 Å². The van der Waals surface area contributed by atoms with Crippen molar-refractivity contribution in [1.82, 2.24) is 15.1 Å². The van der Waals surface area contributed by atoms with Gasteiger partial charge in [-0.2, -0.15) is 0 Å². The minimum Gasteiger partial charge on any atom is -0.387 e. The number of amidine groups is 1. The fraction of sp³-hybridized carbons (Fsp3) is 0.355. The third-order valence-corrected chi connectivity index (χ3v) is 6.78. The predicted molar refractivity (Wildman–Crippen MR) is 159 cm³/mol. The lowest BCUT2D eigenvalue weighted by atomic mass is 9.96. The highest BCUT2D eigenvalue weighted by molar-refractivity contribution is 6.05. The van der Waals surface area contributed by atoms with Crippen LogP contribution in [0.1, 0.15) is 61.5 Å². The molecule has 0 aliphatic carbocycles. The fourth-order valence-electron chi connectivity index (χ4n) is 4.56. The highest BCUT2D eigenvalue weighted by Gasteiger charge is 2.23. The summed E-state index contributed by atoms with van der Waals surface area (Å²) < 4.78 is 15.6. The van der Waals surface area contributed by atoms with Crippen LogP contribution in [0.2, 0.25) is 0 Å². The minimum atomic E-state index is -0.521. The fourth-order valence-corrected chi connectivity index (χ4v) is 4.56. The first-order valence-electron chi connectivity index (χ1n) is 13.5. The van der Waals surface area contributed by atoms with Crippen molar-refractivity contribution >= 4 is 41.8 Å². The zero-order chi connectivity index (χ0) is 29.4. The second-order valence-electron chi connectivity index (χ2n) is 9.91. The van der Waals surface area contributed by atoms with E-state index in [9.17, 15) is 14.4 Å². The number of benzene rings is 2. The van der Waals surface area contributed by atoms with Crippen molar-refractivity contribution in [3.05, 3.63) is 64.1 Å². The van der Waals surface area contributed by atoms with Crippen LogP contribution < -0.4 is 11.1 Å². The van der Waals surface area contributed by atoms with Gasteiger partial charge in [0.15, 0.2) is 6.29 Å². The summed E-state index contributed by atoms with van der Waals surface area (Å²) in [5, 5.41) is 2.59. The lowest BCUT2D eigenvalue weighted by Crippen LogP contribution is -2.34. The average Bonchev–Trinajstić information content (AvgIpc) is 3.10. The first-order valence-corrected chi connectivity index (χ1v) is 13.5. The number of hydrogen-bond donors (Lipinski definition) is 2. The molecule has 0 fully saturated rings. The SMILES string of the molecule is CCCN(CCC)C(=O)C1=Cc2c(F)cc(-c3ccc(C=O)c(/C=C(/C)N(C)CC(=O)NC)c3)cc2N=C(N)C1. The van der Waals surface area contributed by atoms with E-state index < -0.39 is 5.82 Å². The van der Waals surface area contributed by atoms with Crippen LogP contribution in [0, 0.1) is 5.82 Å². The molecule has 40 heavy (non-hydrogen) atoms. The van der Waals surface area contributed by atoms with Gasteiger partial charge < -0.3 is 20.9 Å². The van der Waals surface area contributed by atoms with Crippen LogP contribution in [0.3, 0.4) is 0 Å². The van der Waals surface area contributed by atoms with Gasteiger partial charge in [-0.3, -0.25) is 14.4 Å². The maximum absolute atomic E-state index is 15.6. The second-order valence-corrected chi connectivity index (χ2v) is 9.91. The summed E-state index contributed by atoms with van der Waals surface area (Å²) in [7, 11) is 3.36. The Bertz CT molecular complexity index is 1370. The molecule has 0 saturated carbocycles. The largest absolute Gasteiger partial charge is 0.387 e. The summed E-state index contributed by atoms with van der Waals surface area (Å²) in [6, 6.07) is 8.35. The van der Waals surface area contributed by atoms with Gasteiger partial charge >= 0.3 is 0 Å². The number of nitrogens with one attached hydrogen (secondary N) is 1. The van der Waals surface area contributed by atoms with Crippen LogP contribution in [-0.4, -0.2) is 67.5 Å². The Morgan fingerprint density at radius 2 is 1.80 bits per heavy atom. The first kappa shape index (κ1) is 30.3. The summed E-state index contributed by atoms with van der Waals surface area (Å²) in [5.74, 6) is -0.581. The molecule has 1 aliphatic rings. The number of fused-ring (bicyclic) bond motifs is 1. The summed E-state index contributed by atoms with van der Waals surface area (Å²) >= 11 is 0. The normalized spacial score (nSPS) is 13.0. The van der Waals surface area contributed by atoms with E-state index in [4.69, 9.17) is 5.73 Å². The summed E-state index contributed by atoms with van der Waals surface area (Å²) in [6.07, 6.45) is 5.91. The average molecular weight is 548 g/mol. The quantitative estimate of drug-likeness (QED) is 0.394. The number of likely N-dealkylation sites (N-methyl/N-ethyl adjacent to an activating group) is 2.